The van der Waals surface area contributed by atoms with Crippen LogP contribution >= 0.6 is 15.9 Å². The molecule has 0 bridgehead atoms. The van der Waals surface area contributed by atoms with E-state index in [0.717, 1.165) is 6.42 Å². The molecule has 3 heteroatoms. The van der Waals surface area contributed by atoms with Crippen LogP contribution in [0.5, 0.6) is 0 Å². The molecule has 0 aromatic rings. The number of carbonyl (C=O) groups is 1. The lowest BCUT2D eigenvalue weighted by molar-refractivity contribution is -0.132. The van der Waals surface area contributed by atoms with Crippen molar-refractivity contribution in [1.82, 2.24) is 0 Å². The molecule has 11 heavy (non-hydrogen) atoms. The van der Waals surface area contributed by atoms with Crippen molar-refractivity contribution in [3.8, 4) is 0 Å². The van der Waals surface area contributed by atoms with E-state index in [1.54, 1.807) is 6.92 Å². The fourth-order valence-electron chi connectivity index (χ4n) is 2.26. The summed E-state index contributed by atoms with van der Waals surface area (Å²) < 4.78 is 0. The smallest absolute Gasteiger partial charge is 0.137 e. The van der Waals surface area contributed by atoms with Gasteiger partial charge in [-0.2, -0.15) is 0 Å². The number of ketones is 1. The van der Waals surface area contributed by atoms with Gasteiger partial charge in [-0.05, 0) is 19.3 Å². The van der Waals surface area contributed by atoms with E-state index in [4.69, 9.17) is 0 Å². The Balaban J connectivity index is 2.22. The first-order chi connectivity index (χ1) is 5.02. The van der Waals surface area contributed by atoms with Crippen LogP contribution < -0.4 is 0 Å². The van der Waals surface area contributed by atoms with Gasteiger partial charge < -0.3 is 5.11 Å². The van der Waals surface area contributed by atoms with Crippen LogP contribution in [0.2, 0.25) is 0 Å². The summed E-state index contributed by atoms with van der Waals surface area (Å²) in [5.74, 6) is 0.863. The molecular weight excluding hydrogens is 208 g/mol. The Kier molecular flexibility index (Phi) is 1.46. The summed E-state index contributed by atoms with van der Waals surface area (Å²) in [4.78, 5) is 11.1. The van der Waals surface area contributed by atoms with Crippen molar-refractivity contribution in [3.05, 3.63) is 0 Å². The fourth-order valence-corrected chi connectivity index (χ4v) is 3.17. The molecule has 1 N–H and O–H groups in total. The molecule has 2 aliphatic carbocycles. The quantitative estimate of drug-likeness (QED) is 0.619. The minimum Gasteiger partial charge on any atom is -0.389 e. The van der Waals surface area contributed by atoms with E-state index in [1.165, 1.54) is 0 Å². The Morgan fingerprint density at radius 3 is 2.73 bits per heavy atom. The molecule has 2 fully saturated rings. The van der Waals surface area contributed by atoms with Crippen molar-refractivity contribution in [2.75, 3.05) is 0 Å². The molecule has 2 nitrogen and oxygen atoms in total. The lowest BCUT2D eigenvalue weighted by Crippen LogP contribution is -2.39. The third-order valence-corrected chi connectivity index (χ3v) is 4.48. The molecule has 0 aromatic heterocycles. The van der Waals surface area contributed by atoms with E-state index in [1.807, 2.05) is 0 Å². The maximum atomic E-state index is 11.1. The third kappa shape index (κ3) is 0.905. The summed E-state index contributed by atoms with van der Waals surface area (Å²) in [7, 11) is 0. The van der Waals surface area contributed by atoms with Gasteiger partial charge >= 0.3 is 0 Å². The summed E-state index contributed by atoms with van der Waals surface area (Å²) in [6, 6.07) is 0. The SMILES string of the molecule is C[C@]1(O)C[C@H]2CC(=O)[C@H]2[C@@H]1Br. The number of halogens is 1. The first kappa shape index (κ1) is 7.74. The van der Waals surface area contributed by atoms with Crippen molar-refractivity contribution in [2.45, 2.75) is 30.2 Å². The average molecular weight is 219 g/mol. The van der Waals surface area contributed by atoms with Gasteiger partial charge in [0.05, 0.1) is 10.4 Å². The van der Waals surface area contributed by atoms with Crippen LogP contribution in [0, 0.1) is 11.8 Å². The van der Waals surface area contributed by atoms with Gasteiger partial charge in [0.2, 0.25) is 0 Å². The van der Waals surface area contributed by atoms with Crippen LogP contribution in [-0.4, -0.2) is 21.3 Å². The second-order valence-corrected chi connectivity index (χ2v) is 4.91. The normalized spacial score (nSPS) is 55.5. The number of aliphatic hydroxyl groups is 1. The Bertz CT molecular complexity index is 212. The Labute approximate surface area is 74.1 Å². The average Bonchev–Trinajstić information content (AvgIpc) is 2.01. The molecule has 0 spiro atoms. The largest absolute Gasteiger partial charge is 0.389 e. The number of carbonyl (C=O) groups excluding carboxylic acids is 1. The van der Waals surface area contributed by atoms with Gasteiger partial charge in [0.15, 0.2) is 0 Å². The summed E-state index contributed by atoms with van der Waals surface area (Å²) >= 11 is 3.39. The minimum absolute atomic E-state index is 0.0127. The van der Waals surface area contributed by atoms with Crippen LogP contribution in [0.15, 0.2) is 0 Å². The molecule has 0 aliphatic heterocycles. The molecular formula is C8H11BrO2. The predicted molar refractivity (Wildman–Crippen MR) is 44.6 cm³/mol. The van der Waals surface area contributed by atoms with Crippen LogP contribution in [0.3, 0.4) is 0 Å². The van der Waals surface area contributed by atoms with Gasteiger partial charge in [-0.15, -0.1) is 0 Å². The molecule has 2 aliphatic rings. The number of hydrogen-bond acceptors (Lipinski definition) is 2. The fraction of sp³-hybridized carbons (Fsp3) is 0.875. The Hall–Kier alpha value is 0.110. The zero-order chi connectivity index (χ0) is 8.22. The number of rotatable bonds is 0. The van der Waals surface area contributed by atoms with Crippen LogP contribution in [0.25, 0.3) is 0 Å². The number of Topliss-reactive ketones (excluding diaryl/α,β-unsaturated/α-hetero) is 1. The highest BCUT2D eigenvalue weighted by atomic mass is 79.9. The standard InChI is InChI=1S/C8H11BrO2/c1-8(11)3-4-2-5(10)6(4)7(8)9/h4,6-7,11H,2-3H2,1H3/t4-,6+,7+,8+/m1/s1. The first-order valence-corrected chi connectivity index (χ1v) is 4.83. The third-order valence-electron chi connectivity index (χ3n) is 2.93. The zero-order valence-corrected chi connectivity index (χ0v) is 7.97. The molecule has 4 atom stereocenters. The van der Waals surface area contributed by atoms with E-state index >= 15 is 0 Å². The number of fused-ring (bicyclic) bond motifs is 1. The van der Waals surface area contributed by atoms with E-state index in [-0.39, 0.29) is 10.7 Å². The van der Waals surface area contributed by atoms with Crippen LogP contribution in [-0.2, 0) is 4.79 Å². The molecule has 0 heterocycles. The first-order valence-electron chi connectivity index (χ1n) is 3.91. The van der Waals surface area contributed by atoms with Gasteiger partial charge in [-0.1, -0.05) is 15.9 Å². The Morgan fingerprint density at radius 1 is 1.73 bits per heavy atom. The van der Waals surface area contributed by atoms with Gasteiger partial charge in [0, 0.05) is 12.3 Å². The summed E-state index contributed by atoms with van der Waals surface area (Å²) in [5.41, 5.74) is -0.665. The van der Waals surface area contributed by atoms with Gasteiger partial charge in [0.25, 0.3) is 0 Å². The maximum Gasteiger partial charge on any atom is 0.137 e. The van der Waals surface area contributed by atoms with Gasteiger partial charge in [0.1, 0.15) is 5.78 Å². The van der Waals surface area contributed by atoms with Crippen molar-refractivity contribution < 1.29 is 9.90 Å². The highest BCUT2D eigenvalue weighted by molar-refractivity contribution is 9.09. The zero-order valence-electron chi connectivity index (χ0n) is 6.38. The molecule has 2 saturated carbocycles. The second-order valence-electron chi connectivity index (χ2n) is 3.92. The van der Waals surface area contributed by atoms with Gasteiger partial charge in [-0.3, -0.25) is 4.79 Å². The molecule has 0 saturated heterocycles. The number of alkyl halides is 1. The molecule has 0 radical (unpaired) electrons. The molecule has 62 valence electrons. The predicted octanol–water partition coefficient (Wildman–Crippen LogP) is 1.11. The molecule has 2 rings (SSSR count). The van der Waals surface area contributed by atoms with Crippen LogP contribution in [0.4, 0.5) is 0 Å². The van der Waals surface area contributed by atoms with E-state index in [9.17, 15) is 9.90 Å². The Morgan fingerprint density at radius 2 is 2.36 bits per heavy atom. The van der Waals surface area contributed by atoms with Crippen molar-refractivity contribution in [3.63, 3.8) is 0 Å². The van der Waals surface area contributed by atoms with Crippen molar-refractivity contribution in [2.24, 2.45) is 11.8 Å². The summed E-state index contributed by atoms with van der Waals surface area (Å²) in [6.45, 7) is 1.80. The van der Waals surface area contributed by atoms with E-state index in [2.05, 4.69) is 15.9 Å². The second kappa shape index (κ2) is 2.07. The lowest BCUT2D eigenvalue weighted by atomic mass is 9.75. The molecule has 0 amide bonds. The maximum absolute atomic E-state index is 11.1. The summed E-state index contributed by atoms with van der Waals surface area (Å²) in [6.07, 6.45) is 1.46. The highest BCUT2D eigenvalue weighted by Gasteiger charge is 2.57. The number of hydrogen-bond donors (Lipinski definition) is 1. The molecule has 0 unspecified atom stereocenters. The van der Waals surface area contributed by atoms with Crippen molar-refractivity contribution in [1.29, 1.82) is 0 Å². The van der Waals surface area contributed by atoms with Crippen molar-refractivity contribution >= 4 is 21.7 Å². The topological polar surface area (TPSA) is 37.3 Å². The van der Waals surface area contributed by atoms with E-state index in [0.29, 0.717) is 18.1 Å². The lowest BCUT2D eigenvalue weighted by Gasteiger charge is -2.30. The van der Waals surface area contributed by atoms with Gasteiger partial charge in [-0.25, -0.2) is 0 Å². The van der Waals surface area contributed by atoms with E-state index < -0.39 is 5.60 Å². The minimum atomic E-state index is -0.665. The highest BCUT2D eigenvalue weighted by Crippen LogP contribution is 2.52. The monoisotopic (exact) mass is 218 g/mol. The molecule has 0 aromatic carbocycles. The summed E-state index contributed by atoms with van der Waals surface area (Å²) in [5, 5.41) is 9.76. The van der Waals surface area contributed by atoms with Crippen LogP contribution in [0.1, 0.15) is 19.8 Å².